The molecule has 24 heteroatoms. The van der Waals surface area contributed by atoms with E-state index in [0.29, 0.717) is 12.0 Å². The Labute approximate surface area is 403 Å². The van der Waals surface area contributed by atoms with E-state index in [2.05, 4.69) is 52.8 Å². The molecule has 1 aliphatic heterocycles. The van der Waals surface area contributed by atoms with Crippen molar-refractivity contribution in [3.63, 3.8) is 0 Å². The topological polar surface area (TPSA) is 393 Å². The fourth-order valence-corrected chi connectivity index (χ4v) is 7.09. The van der Waals surface area contributed by atoms with Crippen molar-refractivity contribution in [3.05, 3.63) is 35.9 Å². The summed E-state index contributed by atoms with van der Waals surface area (Å²) in [7, 11) is 0. The third-order valence-corrected chi connectivity index (χ3v) is 11.4. The van der Waals surface area contributed by atoms with Gasteiger partial charge in [0.05, 0.1) is 31.8 Å². The third kappa shape index (κ3) is 19.3. The van der Waals surface area contributed by atoms with Gasteiger partial charge in [0.1, 0.15) is 42.3 Å². The largest absolute Gasteiger partial charge is 0.394 e. The number of nitrogens with two attached hydrogens (primary N) is 3. The number of aliphatic hydroxyl groups excluding tert-OH is 2. The molecule has 0 saturated carbocycles. The molecule has 9 amide bonds. The molecule has 1 heterocycles. The molecule has 69 heavy (non-hydrogen) atoms. The summed E-state index contributed by atoms with van der Waals surface area (Å²) in [5.41, 5.74) is 17.8. The van der Waals surface area contributed by atoms with Crippen molar-refractivity contribution < 1.29 is 53.4 Å². The zero-order valence-corrected chi connectivity index (χ0v) is 40.8. The maximum absolute atomic E-state index is 14.3. The van der Waals surface area contributed by atoms with Crippen LogP contribution in [0.4, 0.5) is 0 Å². The average Bonchev–Trinajstić information content (AvgIpc) is 3.30. The summed E-state index contributed by atoms with van der Waals surface area (Å²) in [4.78, 5) is 127. The normalized spacial score (nSPS) is 25.8. The van der Waals surface area contributed by atoms with Crippen LogP contribution in [0.2, 0.25) is 0 Å². The maximum Gasteiger partial charge on any atom is 0.245 e. The van der Waals surface area contributed by atoms with Crippen molar-refractivity contribution >= 4 is 59.1 Å². The lowest BCUT2D eigenvalue weighted by atomic mass is 9.95. The van der Waals surface area contributed by atoms with Gasteiger partial charge < -0.3 is 75.3 Å². The number of benzene rings is 1. The minimum atomic E-state index is -1.73. The van der Waals surface area contributed by atoms with E-state index >= 15 is 0 Å². The monoisotopic (exact) mass is 974 g/mol. The molecular formula is C45H75N13O11. The van der Waals surface area contributed by atoms with Crippen LogP contribution in [0, 0.1) is 23.7 Å². The van der Waals surface area contributed by atoms with Gasteiger partial charge in [-0.25, -0.2) is 0 Å². The number of carbonyl (C=O) groups excluding carboxylic acids is 9. The molecule has 1 aromatic rings. The van der Waals surface area contributed by atoms with Crippen LogP contribution >= 0.6 is 0 Å². The van der Waals surface area contributed by atoms with Crippen LogP contribution in [0.25, 0.3) is 0 Å². The number of amides is 9. The Hall–Kier alpha value is -6.40. The van der Waals surface area contributed by atoms with E-state index < -0.39 is 145 Å². The number of aliphatic imine (C=N–C) groups is 1. The molecule has 0 spiro atoms. The number of nitrogens with zero attached hydrogens (tertiary/aromatic N) is 1. The lowest BCUT2D eigenvalue weighted by Crippen LogP contribution is -2.63. The highest BCUT2D eigenvalue weighted by atomic mass is 16.3. The molecule has 24 nitrogen and oxygen atoms in total. The highest BCUT2D eigenvalue weighted by Gasteiger charge is 2.39. The van der Waals surface area contributed by atoms with Crippen LogP contribution < -0.4 is 65.1 Å². The van der Waals surface area contributed by atoms with E-state index in [-0.39, 0.29) is 37.7 Å². The summed E-state index contributed by atoms with van der Waals surface area (Å²) in [6, 6.07) is -3.57. The average molecular weight is 974 g/mol. The van der Waals surface area contributed by atoms with E-state index in [9.17, 15) is 53.4 Å². The Morgan fingerprint density at radius 2 is 1.20 bits per heavy atom. The van der Waals surface area contributed by atoms with Gasteiger partial charge in [0.15, 0.2) is 5.96 Å². The molecule has 0 bridgehead atoms. The zero-order valence-electron chi connectivity index (χ0n) is 40.8. The molecule has 0 aromatic heterocycles. The van der Waals surface area contributed by atoms with Gasteiger partial charge in [0, 0.05) is 6.54 Å². The molecule has 0 aliphatic carbocycles. The molecule has 1 aliphatic rings. The van der Waals surface area contributed by atoms with Crippen LogP contribution in [-0.4, -0.2) is 144 Å². The minimum Gasteiger partial charge on any atom is -0.394 e. The standard InChI is InChI=1S/C45H75N13O11/c1-9-25(8)34-43(68)55-33(23(4)5)42(67)51-19-30(60)50-20-31(61)52-29(21-59)40(65)57-35(26-14-11-10-12-15-26)32(46)41(66)58-36(37(62)24(6)7)44(69)54-28(18-22(2)3)39(64)53-27(38(63)56-34)16-13-17-49-45(47)48/h10-12,14-15,22-25,27-29,32-37,59,62H,9,13,16-21,46H2,1-8H3,(H,50,60)(H,51,67)(H,52,61)(H,53,64)(H,54,69)(H,55,68)(H,56,63)(H,57,65)(H,58,66)(H4,47,48,49)/t25-,27+,28?,29?,32-,33-,34-,35+,36-,37+/m0/s1. The fourth-order valence-electron chi connectivity index (χ4n) is 7.09. The van der Waals surface area contributed by atoms with Crippen LogP contribution in [-0.2, 0) is 43.2 Å². The van der Waals surface area contributed by atoms with E-state index in [1.54, 1.807) is 85.7 Å². The maximum atomic E-state index is 14.3. The zero-order chi connectivity index (χ0) is 52.1. The molecule has 1 fully saturated rings. The Morgan fingerprint density at radius 1 is 0.652 bits per heavy atom. The first-order valence-corrected chi connectivity index (χ1v) is 23.2. The number of hydrogen-bond acceptors (Lipinski definition) is 13. The third-order valence-electron chi connectivity index (χ3n) is 11.4. The smallest absolute Gasteiger partial charge is 0.245 e. The first-order chi connectivity index (χ1) is 32.4. The van der Waals surface area contributed by atoms with E-state index in [1.165, 1.54) is 0 Å². The molecule has 1 aromatic carbocycles. The number of nitrogens with one attached hydrogen (secondary N) is 9. The fraction of sp³-hybridized carbons (Fsp3) is 0.644. The van der Waals surface area contributed by atoms with Gasteiger partial charge in [-0.1, -0.05) is 92.1 Å². The van der Waals surface area contributed by atoms with Crippen LogP contribution in [0.3, 0.4) is 0 Å². The van der Waals surface area contributed by atoms with Crippen molar-refractivity contribution in [2.24, 2.45) is 45.9 Å². The Kier molecular flexibility index (Phi) is 24.5. The van der Waals surface area contributed by atoms with Crippen LogP contribution in [0.1, 0.15) is 92.7 Å². The number of guanidine groups is 1. The van der Waals surface area contributed by atoms with Crippen molar-refractivity contribution in [2.75, 3.05) is 26.2 Å². The number of aliphatic hydroxyl groups is 2. The van der Waals surface area contributed by atoms with Crippen molar-refractivity contribution in [1.29, 1.82) is 0 Å². The van der Waals surface area contributed by atoms with Gasteiger partial charge in [0.2, 0.25) is 53.2 Å². The molecule has 2 unspecified atom stereocenters. The molecule has 0 radical (unpaired) electrons. The van der Waals surface area contributed by atoms with Crippen molar-refractivity contribution in [1.82, 2.24) is 47.9 Å². The highest BCUT2D eigenvalue weighted by molar-refractivity contribution is 5.98. The van der Waals surface area contributed by atoms with E-state index in [1.807, 2.05) is 0 Å². The SMILES string of the molecule is CC[C@H](C)[C@@H]1NC(=O)[C@@H](CCCN=C(N)N)NC(=O)C(CC(C)C)NC(=O)[C@H]([C@H](O)C(C)C)NC(=O)[C@@H](N)[C@@H](c2ccccc2)NC(=O)C(CO)NC(=O)CNC(=O)CNC(=O)[C@H](C(C)C)NC1=O. The summed E-state index contributed by atoms with van der Waals surface area (Å²) in [5, 5.41) is 44.2. The molecule has 1 saturated heterocycles. The van der Waals surface area contributed by atoms with Gasteiger partial charge in [-0.2, -0.15) is 0 Å². The first-order valence-electron chi connectivity index (χ1n) is 23.2. The molecule has 386 valence electrons. The second-order valence-electron chi connectivity index (χ2n) is 18.2. The summed E-state index contributed by atoms with van der Waals surface area (Å²) < 4.78 is 0. The van der Waals surface area contributed by atoms with Crippen molar-refractivity contribution in [2.45, 2.75) is 136 Å². The Morgan fingerprint density at radius 3 is 1.77 bits per heavy atom. The Balaban J connectivity index is 2.74. The summed E-state index contributed by atoms with van der Waals surface area (Å²) in [6.07, 6.45) is -1.03. The van der Waals surface area contributed by atoms with E-state index in [4.69, 9.17) is 17.2 Å². The lowest BCUT2D eigenvalue weighted by Gasteiger charge is -2.32. The summed E-state index contributed by atoms with van der Waals surface area (Å²) in [5.74, 6) is -10.0. The van der Waals surface area contributed by atoms with Crippen LogP contribution in [0.15, 0.2) is 35.3 Å². The van der Waals surface area contributed by atoms with Gasteiger partial charge in [-0.05, 0) is 48.5 Å². The molecule has 2 rings (SSSR count). The quantitative estimate of drug-likeness (QED) is 0.0512. The number of hydrogen-bond donors (Lipinski definition) is 14. The predicted molar refractivity (Wildman–Crippen MR) is 254 cm³/mol. The van der Waals surface area contributed by atoms with Gasteiger partial charge in [0.25, 0.3) is 0 Å². The van der Waals surface area contributed by atoms with Gasteiger partial charge in [-0.15, -0.1) is 0 Å². The van der Waals surface area contributed by atoms with Crippen molar-refractivity contribution in [3.8, 4) is 0 Å². The summed E-state index contributed by atoms with van der Waals surface area (Å²) >= 11 is 0. The second-order valence-corrected chi connectivity index (χ2v) is 18.2. The first kappa shape index (κ1) is 58.7. The molecular weight excluding hydrogens is 899 g/mol. The lowest BCUT2D eigenvalue weighted by molar-refractivity contribution is -0.137. The minimum absolute atomic E-state index is 0.0146. The summed E-state index contributed by atoms with van der Waals surface area (Å²) in [6.45, 7) is 11.3. The molecule has 10 atom stereocenters. The highest BCUT2D eigenvalue weighted by Crippen LogP contribution is 2.18. The number of carbonyl (C=O) groups is 9. The Bertz CT molecular complexity index is 1950. The number of rotatable bonds is 13. The second kappa shape index (κ2) is 28.8. The molecule has 17 N–H and O–H groups in total. The van der Waals surface area contributed by atoms with Gasteiger partial charge in [-0.3, -0.25) is 48.1 Å². The van der Waals surface area contributed by atoms with E-state index in [0.717, 1.165) is 0 Å². The van der Waals surface area contributed by atoms with Crippen LogP contribution in [0.5, 0.6) is 0 Å². The van der Waals surface area contributed by atoms with Gasteiger partial charge >= 0.3 is 0 Å². The predicted octanol–water partition coefficient (Wildman–Crippen LogP) is -3.86.